The quantitative estimate of drug-likeness (QED) is 0.759. The Bertz CT molecular complexity index is 398. The summed E-state index contributed by atoms with van der Waals surface area (Å²) >= 11 is 0. The summed E-state index contributed by atoms with van der Waals surface area (Å²) in [4.78, 5) is 11.6. The van der Waals surface area contributed by atoms with Gasteiger partial charge in [0.05, 0.1) is 6.42 Å². The van der Waals surface area contributed by atoms with Crippen LogP contribution < -0.4 is 0 Å². The van der Waals surface area contributed by atoms with Gasteiger partial charge in [-0.25, -0.2) is 5.01 Å². The number of carbonyl (C=O) groups excluding carboxylic acids is 1. The zero-order valence-electron chi connectivity index (χ0n) is 9.52. The number of hydrogen-bond donors (Lipinski definition) is 0. The topological polar surface area (TPSA) is 32.7 Å². The first-order chi connectivity index (χ1) is 7.79. The number of carbonyl (C=O) groups is 1. The van der Waals surface area contributed by atoms with Crippen molar-refractivity contribution in [1.82, 2.24) is 5.01 Å². The summed E-state index contributed by atoms with van der Waals surface area (Å²) in [5.74, 6) is 0.132. The second-order valence-electron chi connectivity index (χ2n) is 3.95. The molecule has 1 aromatic carbocycles. The third-order valence-corrected chi connectivity index (χ3v) is 2.77. The summed E-state index contributed by atoms with van der Waals surface area (Å²) in [6.45, 7) is 2.72. The summed E-state index contributed by atoms with van der Waals surface area (Å²) < 4.78 is 0. The molecular weight excluding hydrogens is 200 g/mol. The molecule has 0 radical (unpaired) electrons. The van der Waals surface area contributed by atoms with E-state index >= 15 is 0 Å². The standard InChI is InChI=1S/C13H16N2O/c1-2-12-10-13(16)15(14-12)9-8-11-6-4-3-5-7-11/h3-7H,2,8-10H2,1H3. The fraction of sp³-hybridized carbons (Fsp3) is 0.385. The number of hydrazone groups is 1. The number of nitrogens with zero attached hydrogens (tertiary/aromatic N) is 2. The van der Waals surface area contributed by atoms with Crippen molar-refractivity contribution in [2.45, 2.75) is 26.2 Å². The molecule has 0 saturated heterocycles. The van der Waals surface area contributed by atoms with Crippen molar-refractivity contribution in [3.63, 3.8) is 0 Å². The Balaban J connectivity index is 1.91. The van der Waals surface area contributed by atoms with Gasteiger partial charge in [0.25, 0.3) is 0 Å². The lowest BCUT2D eigenvalue weighted by molar-refractivity contribution is -0.128. The Morgan fingerprint density at radius 1 is 1.31 bits per heavy atom. The van der Waals surface area contributed by atoms with Gasteiger partial charge in [0.2, 0.25) is 5.91 Å². The minimum absolute atomic E-state index is 0.132. The van der Waals surface area contributed by atoms with Crippen LogP contribution in [-0.4, -0.2) is 23.2 Å². The average Bonchev–Trinajstić information content (AvgIpc) is 2.69. The number of amides is 1. The second-order valence-corrected chi connectivity index (χ2v) is 3.95. The molecule has 0 N–H and O–H groups in total. The summed E-state index contributed by atoms with van der Waals surface area (Å²) in [5.41, 5.74) is 2.24. The summed E-state index contributed by atoms with van der Waals surface area (Å²) in [7, 11) is 0. The van der Waals surface area contributed by atoms with E-state index in [9.17, 15) is 4.79 Å². The van der Waals surface area contributed by atoms with Crippen LogP contribution in [0.1, 0.15) is 25.3 Å². The van der Waals surface area contributed by atoms with Crippen LogP contribution in [0.5, 0.6) is 0 Å². The van der Waals surface area contributed by atoms with E-state index in [1.54, 1.807) is 5.01 Å². The van der Waals surface area contributed by atoms with Crippen molar-refractivity contribution in [3.8, 4) is 0 Å². The van der Waals surface area contributed by atoms with Gasteiger partial charge in [-0.1, -0.05) is 37.3 Å². The first-order valence-corrected chi connectivity index (χ1v) is 5.70. The highest BCUT2D eigenvalue weighted by Crippen LogP contribution is 2.11. The molecule has 0 spiro atoms. The molecule has 3 heteroatoms. The lowest BCUT2D eigenvalue weighted by Gasteiger charge is -2.11. The molecule has 0 fully saturated rings. The van der Waals surface area contributed by atoms with Gasteiger partial charge in [0.15, 0.2) is 0 Å². The Morgan fingerprint density at radius 2 is 2.06 bits per heavy atom. The molecule has 84 valence electrons. The molecule has 0 aromatic heterocycles. The first-order valence-electron chi connectivity index (χ1n) is 5.70. The Labute approximate surface area is 95.8 Å². The van der Waals surface area contributed by atoms with Gasteiger partial charge in [-0.15, -0.1) is 0 Å². The molecule has 0 aliphatic carbocycles. The lowest BCUT2D eigenvalue weighted by Crippen LogP contribution is -2.23. The highest BCUT2D eigenvalue weighted by Gasteiger charge is 2.21. The van der Waals surface area contributed by atoms with Crippen LogP contribution in [0.3, 0.4) is 0 Å². The predicted octanol–water partition coefficient (Wildman–Crippen LogP) is 2.23. The minimum Gasteiger partial charge on any atom is -0.273 e. The summed E-state index contributed by atoms with van der Waals surface area (Å²) in [6.07, 6.45) is 2.24. The molecule has 2 rings (SSSR count). The maximum atomic E-state index is 11.6. The fourth-order valence-electron chi connectivity index (χ4n) is 1.78. The minimum atomic E-state index is 0.132. The van der Waals surface area contributed by atoms with Gasteiger partial charge in [-0.05, 0) is 18.4 Å². The van der Waals surface area contributed by atoms with Gasteiger partial charge >= 0.3 is 0 Å². The number of hydrogen-bond acceptors (Lipinski definition) is 2. The van der Waals surface area contributed by atoms with Crippen LogP contribution in [0.15, 0.2) is 35.4 Å². The normalized spacial score (nSPS) is 15.4. The van der Waals surface area contributed by atoms with E-state index in [4.69, 9.17) is 0 Å². The predicted molar refractivity (Wildman–Crippen MR) is 64.2 cm³/mol. The zero-order chi connectivity index (χ0) is 11.4. The van der Waals surface area contributed by atoms with Crippen LogP contribution in [0.2, 0.25) is 0 Å². The molecule has 1 aromatic rings. The van der Waals surface area contributed by atoms with Gasteiger partial charge in [0, 0.05) is 12.3 Å². The largest absolute Gasteiger partial charge is 0.273 e. The van der Waals surface area contributed by atoms with Gasteiger partial charge in [-0.2, -0.15) is 5.10 Å². The van der Waals surface area contributed by atoms with E-state index in [2.05, 4.69) is 17.2 Å². The third-order valence-electron chi connectivity index (χ3n) is 2.77. The molecule has 1 aliphatic rings. The van der Waals surface area contributed by atoms with Crippen molar-refractivity contribution in [2.24, 2.45) is 5.10 Å². The van der Waals surface area contributed by atoms with Crippen LogP contribution in [0.4, 0.5) is 0 Å². The molecular formula is C13H16N2O. The molecule has 16 heavy (non-hydrogen) atoms. The SMILES string of the molecule is CCC1=NN(CCc2ccccc2)C(=O)C1. The highest BCUT2D eigenvalue weighted by atomic mass is 16.2. The van der Waals surface area contributed by atoms with Gasteiger partial charge < -0.3 is 0 Å². The smallest absolute Gasteiger partial charge is 0.248 e. The Kier molecular flexibility index (Phi) is 3.34. The second kappa shape index (κ2) is 4.92. The summed E-state index contributed by atoms with van der Waals surface area (Å²) in [5, 5.41) is 5.91. The Morgan fingerprint density at radius 3 is 2.69 bits per heavy atom. The lowest BCUT2D eigenvalue weighted by atomic mass is 10.1. The summed E-state index contributed by atoms with van der Waals surface area (Å²) in [6, 6.07) is 10.2. The molecule has 0 unspecified atom stereocenters. The van der Waals surface area contributed by atoms with E-state index in [0.717, 1.165) is 18.6 Å². The highest BCUT2D eigenvalue weighted by molar-refractivity contribution is 6.04. The molecule has 1 aliphatic heterocycles. The van der Waals surface area contributed by atoms with Crippen molar-refractivity contribution in [3.05, 3.63) is 35.9 Å². The maximum Gasteiger partial charge on any atom is 0.248 e. The van der Waals surface area contributed by atoms with Crippen LogP contribution in [0, 0.1) is 0 Å². The maximum absolute atomic E-state index is 11.6. The number of benzene rings is 1. The monoisotopic (exact) mass is 216 g/mol. The number of rotatable bonds is 4. The molecule has 0 saturated carbocycles. The van der Waals surface area contributed by atoms with Crippen molar-refractivity contribution >= 4 is 11.6 Å². The average molecular weight is 216 g/mol. The van der Waals surface area contributed by atoms with Crippen molar-refractivity contribution in [2.75, 3.05) is 6.54 Å². The molecule has 0 bridgehead atoms. The van der Waals surface area contributed by atoms with E-state index in [0.29, 0.717) is 13.0 Å². The molecule has 1 heterocycles. The van der Waals surface area contributed by atoms with Crippen molar-refractivity contribution in [1.29, 1.82) is 0 Å². The molecule has 1 amide bonds. The van der Waals surface area contributed by atoms with Gasteiger partial charge in [-0.3, -0.25) is 4.79 Å². The Hall–Kier alpha value is -1.64. The third kappa shape index (κ3) is 2.48. The van der Waals surface area contributed by atoms with Crippen LogP contribution >= 0.6 is 0 Å². The molecule has 3 nitrogen and oxygen atoms in total. The van der Waals surface area contributed by atoms with Crippen molar-refractivity contribution < 1.29 is 4.79 Å². The zero-order valence-corrected chi connectivity index (χ0v) is 9.52. The first kappa shape index (κ1) is 10.9. The van der Waals surface area contributed by atoms with E-state index in [1.807, 2.05) is 25.1 Å². The van der Waals surface area contributed by atoms with E-state index < -0.39 is 0 Å². The van der Waals surface area contributed by atoms with Gasteiger partial charge in [0.1, 0.15) is 0 Å². The van der Waals surface area contributed by atoms with Crippen LogP contribution in [0.25, 0.3) is 0 Å². The molecule has 0 atom stereocenters. The fourth-order valence-corrected chi connectivity index (χ4v) is 1.78. The van der Waals surface area contributed by atoms with Crippen LogP contribution in [-0.2, 0) is 11.2 Å². The van der Waals surface area contributed by atoms with E-state index in [1.165, 1.54) is 5.56 Å². The van der Waals surface area contributed by atoms with E-state index in [-0.39, 0.29) is 5.91 Å².